The van der Waals surface area contributed by atoms with Crippen LogP contribution in [0.1, 0.15) is 41.4 Å². The number of nitrogens with zero attached hydrogens (tertiary/aromatic N) is 2. The molecule has 7 heteroatoms. The Bertz CT molecular complexity index is 882. The Labute approximate surface area is 142 Å². The molecule has 2 aromatic carbocycles. The lowest BCUT2D eigenvalue weighted by atomic mass is 10.1. The third kappa shape index (κ3) is 2.10. The highest BCUT2D eigenvalue weighted by molar-refractivity contribution is 6.22. The molecule has 0 radical (unpaired) electrons. The van der Waals surface area contributed by atoms with Crippen molar-refractivity contribution in [1.82, 2.24) is 9.80 Å². The SMILES string of the molecule is O=C1c2ccccc2C(=O)N1CC(O)N1C(=O)c2ccccc2C1=O. The lowest BCUT2D eigenvalue weighted by Crippen LogP contribution is -2.48. The second-order valence-electron chi connectivity index (χ2n) is 5.77. The van der Waals surface area contributed by atoms with Gasteiger partial charge in [-0.2, -0.15) is 0 Å². The summed E-state index contributed by atoms with van der Waals surface area (Å²) in [7, 11) is 0. The molecule has 25 heavy (non-hydrogen) atoms. The molecule has 1 N–H and O–H groups in total. The fourth-order valence-corrected chi connectivity index (χ4v) is 3.13. The van der Waals surface area contributed by atoms with Crippen molar-refractivity contribution in [3.8, 4) is 0 Å². The Morgan fingerprint density at radius 1 is 0.680 bits per heavy atom. The molecule has 0 aromatic heterocycles. The minimum Gasteiger partial charge on any atom is -0.371 e. The third-order valence-corrected chi connectivity index (χ3v) is 4.35. The maximum atomic E-state index is 12.4. The molecule has 2 aliphatic rings. The molecule has 0 aliphatic carbocycles. The van der Waals surface area contributed by atoms with Crippen LogP contribution in [-0.4, -0.2) is 51.3 Å². The van der Waals surface area contributed by atoms with Crippen molar-refractivity contribution in [1.29, 1.82) is 0 Å². The molecule has 2 aromatic rings. The second-order valence-corrected chi connectivity index (χ2v) is 5.77. The summed E-state index contributed by atoms with van der Waals surface area (Å²) in [6.45, 7) is -0.474. The number of carbonyl (C=O) groups excluding carboxylic acids is 4. The molecule has 0 saturated carbocycles. The van der Waals surface area contributed by atoms with Crippen molar-refractivity contribution < 1.29 is 24.3 Å². The molecule has 7 nitrogen and oxygen atoms in total. The molecule has 0 spiro atoms. The van der Waals surface area contributed by atoms with Crippen molar-refractivity contribution in [2.45, 2.75) is 6.23 Å². The van der Waals surface area contributed by atoms with Gasteiger partial charge in [0.15, 0.2) is 6.23 Å². The van der Waals surface area contributed by atoms with E-state index in [1.54, 1.807) is 24.3 Å². The lowest BCUT2D eigenvalue weighted by Gasteiger charge is -2.24. The first-order valence-corrected chi connectivity index (χ1v) is 7.61. The zero-order chi connectivity index (χ0) is 17.7. The summed E-state index contributed by atoms with van der Waals surface area (Å²) in [5.41, 5.74) is 0.854. The first-order valence-electron chi connectivity index (χ1n) is 7.61. The maximum absolute atomic E-state index is 12.4. The van der Waals surface area contributed by atoms with Crippen molar-refractivity contribution in [3.63, 3.8) is 0 Å². The quantitative estimate of drug-likeness (QED) is 0.840. The van der Waals surface area contributed by atoms with Crippen molar-refractivity contribution >= 4 is 23.6 Å². The fourth-order valence-electron chi connectivity index (χ4n) is 3.13. The van der Waals surface area contributed by atoms with Gasteiger partial charge < -0.3 is 5.11 Å². The van der Waals surface area contributed by atoms with Gasteiger partial charge in [0.1, 0.15) is 0 Å². The summed E-state index contributed by atoms with van der Waals surface area (Å²) in [5.74, 6) is -2.41. The molecule has 0 fully saturated rings. The van der Waals surface area contributed by atoms with E-state index in [0.29, 0.717) is 4.90 Å². The molecule has 4 rings (SSSR count). The molecule has 124 valence electrons. The largest absolute Gasteiger partial charge is 0.371 e. The van der Waals surface area contributed by atoms with Gasteiger partial charge in [-0.15, -0.1) is 0 Å². The summed E-state index contributed by atoms with van der Waals surface area (Å²) in [6, 6.07) is 12.5. The standard InChI is InChI=1S/C18H12N2O5/c21-14(20-17(24)12-7-3-4-8-13(12)18(20)25)9-19-15(22)10-5-1-2-6-11(10)16(19)23/h1-8,14,21H,9H2. The highest BCUT2D eigenvalue weighted by atomic mass is 16.3. The number of amides is 4. The molecule has 4 amide bonds. The Morgan fingerprint density at radius 2 is 1.04 bits per heavy atom. The van der Waals surface area contributed by atoms with E-state index in [9.17, 15) is 24.3 Å². The van der Waals surface area contributed by atoms with Gasteiger partial charge in [-0.3, -0.25) is 24.1 Å². The number of hydrogen-bond acceptors (Lipinski definition) is 5. The summed E-state index contributed by atoms with van der Waals surface area (Å²) >= 11 is 0. The van der Waals surface area contributed by atoms with Gasteiger partial charge in [0, 0.05) is 0 Å². The Kier molecular flexibility index (Phi) is 3.26. The van der Waals surface area contributed by atoms with Crippen molar-refractivity contribution in [2.24, 2.45) is 0 Å². The summed E-state index contributed by atoms with van der Waals surface area (Å²) in [4.78, 5) is 50.9. The van der Waals surface area contributed by atoms with Crippen LogP contribution in [0, 0.1) is 0 Å². The van der Waals surface area contributed by atoms with Crippen LogP contribution in [0.4, 0.5) is 0 Å². The number of rotatable bonds is 3. The number of imide groups is 2. The highest BCUT2D eigenvalue weighted by Crippen LogP contribution is 2.26. The molecule has 2 heterocycles. The monoisotopic (exact) mass is 336 g/mol. The van der Waals surface area contributed by atoms with Gasteiger partial charge in [-0.25, -0.2) is 4.90 Å². The second kappa shape index (κ2) is 5.35. The average Bonchev–Trinajstić information content (AvgIpc) is 3.02. The van der Waals surface area contributed by atoms with Crippen LogP contribution in [0.15, 0.2) is 48.5 Å². The van der Waals surface area contributed by atoms with Crippen LogP contribution in [0.25, 0.3) is 0 Å². The van der Waals surface area contributed by atoms with E-state index in [4.69, 9.17) is 0 Å². The number of β-amino-alcohol motifs (C(OH)–C–C–N with tert-alkyl or cyclic N) is 1. The lowest BCUT2D eigenvalue weighted by molar-refractivity contribution is 0.000588. The normalized spacial score (nSPS) is 17.2. The van der Waals surface area contributed by atoms with Gasteiger partial charge in [0.25, 0.3) is 23.6 Å². The molecule has 1 unspecified atom stereocenters. The molecular weight excluding hydrogens is 324 g/mol. The predicted octanol–water partition coefficient (Wildman–Crippen LogP) is 0.897. The number of hydrogen-bond donors (Lipinski definition) is 1. The van der Waals surface area contributed by atoms with Gasteiger partial charge in [-0.05, 0) is 24.3 Å². The van der Waals surface area contributed by atoms with E-state index < -0.39 is 36.4 Å². The summed E-state index contributed by atoms with van der Waals surface area (Å²) < 4.78 is 0. The van der Waals surface area contributed by atoms with Crippen LogP contribution in [-0.2, 0) is 0 Å². The predicted molar refractivity (Wildman–Crippen MR) is 84.8 cm³/mol. The topological polar surface area (TPSA) is 95.0 Å². The average molecular weight is 336 g/mol. The van der Waals surface area contributed by atoms with Crippen LogP contribution in [0.3, 0.4) is 0 Å². The van der Waals surface area contributed by atoms with E-state index in [-0.39, 0.29) is 22.3 Å². The van der Waals surface area contributed by atoms with Crippen LogP contribution in [0.2, 0.25) is 0 Å². The summed E-state index contributed by atoms with van der Waals surface area (Å²) in [5, 5.41) is 10.4. The number of carbonyl (C=O) groups is 4. The van der Waals surface area contributed by atoms with Crippen LogP contribution >= 0.6 is 0 Å². The van der Waals surface area contributed by atoms with Crippen LogP contribution < -0.4 is 0 Å². The number of aliphatic hydroxyl groups is 1. The molecular formula is C18H12N2O5. The summed E-state index contributed by atoms with van der Waals surface area (Å²) in [6.07, 6.45) is -1.62. The van der Waals surface area contributed by atoms with Crippen molar-refractivity contribution in [3.05, 3.63) is 70.8 Å². The fraction of sp³-hybridized carbons (Fsp3) is 0.111. The minimum atomic E-state index is -1.62. The van der Waals surface area contributed by atoms with Gasteiger partial charge >= 0.3 is 0 Å². The van der Waals surface area contributed by atoms with E-state index in [1.165, 1.54) is 24.3 Å². The van der Waals surface area contributed by atoms with E-state index in [2.05, 4.69) is 0 Å². The highest BCUT2D eigenvalue weighted by Gasteiger charge is 2.43. The Hall–Kier alpha value is -3.32. The van der Waals surface area contributed by atoms with Gasteiger partial charge in [-0.1, -0.05) is 24.3 Å². The molecule has 0 saturated heterocycles. The van der Waals surface area contributed by atoms with E-state index in [0.717, 1.165) is 4.90 Å². The van der Waals surface area contributed by atoms with E-state index in [1.807, 2.05) is 0 Å². The van der Waals surface area contributed by atoms with Gasteiger partial charge in [0.05, 0.1) is 28.8 Å². The Balaban J connectivity index is 1.59. The number of fused-ring (bicyclic) bond motifs is 2. The molecule has 0 bridgehead atoms. The first kappa shape index (κ1) is 15.2. The Morgan fingerprint density at radius 3 is 1.44 bits per heavy atom. The zero-order valence-corrected chi connectivity index (χ0v) is 12.9. The third-order valence-electron chi connectivity index (χ3n) is 4.35. The van der Waals surface area contributed by atoms with Crippen LogP contribution in [0.5, 0.6) is 0 Å². The zero-order valence-electron chi connectivity index (χ0n) is 12.9. The van der Waals surface area contributed by atoms with E-state index >= 15 is 0 Å². The number of aliphatic hydroxyl groups excluding tert-OH is 1. The smallest absolute Gasteiger partial charge is 0.263 e. The maximum Gasteiger partial charge on any atom is 0.263 e. The molecule has 2 aliphatic heterocycles. The van der Waals surface area contributed by atoms with Crippen molar-refractivity contribution in [2.75, 3.05) is 6.54 Å². The van der Waals surface area contributed by atoms with Gasteiger partial charge in [0.2, 0.25) is 0 Å². The number of benzene rings is 2. The minimum absolute atomic E-state index is 0.189. The first-order chi connectivity index (χ1) is 12.0. The molecule has 1 atom stereocenters.